The summed E-state index contributed by atoms with van der Waals surface area (Å²) in [6.07, 6.45) is 3.31. The van der Waals surface area contributed by atoms with Crippen LogP contribution in [0.3, 0.4) is 0 Å². The van der Waals surface area contributed by atoms with Crippen molar-refractivity contribution >= 4 is 45.9 Å². The second kappa shape index (κ2) is 13.7. The fourth-order valence-electron chi connectivity index (χ4n) is 2.78. The monoisotopic (exact) mass is 539 g/mol. The molecule has 148 valence electrons. The third kappa shape index (κ3) is 8.54. The third-order valence-electron chi connectivity index (χ3n) is 4.16. The molecule has 1 aliphatic rings. The van der Waals surface area contributed by atoms with Crippen molar-refractivity contribution in [3.63, 3.8) is 0 Å². The predicted molar refractivity (Wildman–Crippen MR) is 121 cm³/mol. The lowest BCUT2D eigenvalue weighted by molar-refractivity contribution is -0.0318. The number of hydrogen-bond donors (Lipinski definition) is 2. The summed E-state index contributed by atoms with van der Waals surface area (Å²) in [5.41, 5.74) is 1.22. The highest BCUT2D eigenvalue weighted by Crippen LogP contribution is 2.22. The van der Waals surface area contributed by atoms with Crippen LogP contribution in [0.15, 0.2) is 33.7 Å². The Morgan fingerprint density at radius 1 is 1.35 bits per heavy atom. The molecule has 0 aromatic heterocycles. The van der Waals surface area contributed by atoms with Gasteiger partial charge in [-0.2, -0.15) is 0 Å². The topological polar surface area (TPSA) is 54.9 Å². The Bertz CT molecular complexity index is 539. The first-order chi connectivity index (χ1) is 12.2. The molecular formula is C19H31BrIN3O2. The van der Waals surface area contributed by atoms with Gasteiger partial charge in [-0.05, 0) is 44.7 Å². The zero-order chi connectivity index (χ0) is 17.9. The minimum atomic E-state index is 0. The number of nitrogens with zero attached hydrogens (tertiary/aromatic N) is 1. The maximum atomic E-state index is 5.89. The SMILES string of the molecule is CCNC(=NCCCOC1CCOCC1)NC(C)c1ccccc1Br.I. The Balaban J connectivity index is 0.00000338. The third-order valence-corrected chi connectivity index (χ3v) is 4.89. The van der Waals surface area contributed by atoms with Crippen molar-refractivity contribution in [3.05, 3.63) is 34.3 Å². The van der Waals surface area contributed by atoms with E-state index < -0.39 is 0 Å². The maximum absolute atomic E-state index is 5.89. The Labute approximate surface area is 182 Å². The smallest absolute Gasteiger partial charge is 0.191 e. The second-order valence-electron chi connectivity index (χ2n) is 6.18. The summed E-state index contributed by atoms with van der Waals surface area (Å²) < 4.78 is 12.3. The van der Waals surface area contributed by atoms with Gasteiger partial charge in [0, 0.05) is 37.4 Å². The predicted octanol–water partition coefficient (Wildman–Crippen LogP) is 4.27. The van der Waals surface area contributed by atoms with Crippen molar-refractivity contribution in [3.8, 4) is 0 Å². The van der Waals surface area contributed by atoms with Crippen molar-refractivity contribution in [2.24, 2.45) is 4.99 Å². The van der Waals surface area contributed by atoms with Gasteiger partial charge in [-0.25, -0.2) is 0 Å². The van der Waals surface area contributed by atoms with Gasteiger partial charge >= 0.3 is 0 Å². The number of nitrogens with one attached hydrogen (secondary N) is 2. The van der Waals surface area contributed by atoms with Crippen molar-refractivity contribution in [2.75, 3.05) is 32.9 Å². The van der Waals surface area contributed by atoms with Gasteiger partial charge in [-0.15, -0.1) is 24.0 Å². The number of aliphatic imine (C=N–C) groups is 1. The fraction of sp³-hybridized carbons (Fsp3) is 0.632. The number of hydrogen-bond acceptors (Lipinski definition) is 3. The second-order valence-corrected chi connectivity index (χ2v) is 7.04. The van der Waals surface area contributed by atoms with Crippen LogP contribution < -0.4 is 10.6 Å². The van der Waals surface area contributed by atoms with Crippen LogP contribution in [0.2, 0.25) is 0 Å². The quantitative estimate of drug-likeness (QED) is 0.224. The summed E-state index contributed by atoms with van der Waals surface area (Å²) in [4.78, 5) is 4.67. The lowest BCUT2D eigenvalue weighted by atomic mass is 10.1. The molecule has 0 saturated carbocycles. The van der Waals surface area contributed by atoms with E-state index >= 15 is 0 Å². The van der Waals surface area contributed by atoms with Crippen molar-refractivity contribution in [1.82, 2.24) is 10.6 Å². The van der Waals surface area contributed by atoms with Crippen LogP contribution in [0.4, 0.5) is 0 Å². The Morgan fingerprint density at radius 3 is 2.77 bits per heavy atom. The van der Waals surface area contributed by atoms with E-state index in [0.717, 1.165) is 62.6 Å². The number of benzene rings is 1. The van der Waals surface area contributed by atoms with Crippen LogP contribution in [0.25, 0.3) is 0 Å². The van der Waals surface area contributed by atoms with E-state index in [1.165, 1.54) is 5.56 Å². The van der Waals surface area contributed by atoms with Gasteiger partial charge in [-0.3, -0.25) is 4.99 Å². The van der Waals surface area contributed by atoms with Crippen LogP contribution in [-0.2, 0) is 9.47 Å². The molecular weight excluding hydrogens is 509 g/mol. The fourth-order valence-corrected chi connectivity index (χ4v) is 3.41. The van der Waals surface area contributed by atoms with Crippen molar-refractivity contribution in [1.29, 1.82) is 0 Å². The van der Waals surface area contributed by atoms with Crippen LogP contribution in [0, 0.1) is 0 Å². The van der Waals surface area contributed by atoms with Gasteiger partial charge in [0.25, 0.3) is 0 Å². The molecule has 1 unspecified atom stereocenters. The van der Waals surface area contributed by atoms with Crippen molar-refractivity contribution in [2.45, 2.75) is 45.3 Å². The van der Waals surface area contributed by atoms with E-state index in [4.69, 9.17) is 9.47 Å². The van der Waals surface area contributed by atoms with E-state index in [1.54, 1.807) is 0 Å². The Kier molecular flexibility index (Phi) is 12.5. The van der Waals surface area contributed by atoms with Crippen LogP contribution in [0.1, 0.15) is 44.7 Å². The lowest BCUT2D eigenvalue weighted by Gasteiger charge is -2.22. The van der Waals surface area contributed by atoms with Gasteiger partial charge in [0.1, 0.15) is 0 Å². The van der Waals surface area contributed by atoms with Crippen LogP contribution in [-0.4, -0.2) is 45.0 Å². The molecule has 0 radical (unpaired) electrons. The minimum Gasteiger partial charge on any atom is -0.381 e. The molecule has 1 atom stereocenters. The molecule has 1 aromatic rings. The lowest BCUT2D eigenvalue weighted by Crippen LogP contribution is -2.39. The molecule has 1 saturated heterocycles. The number of rotatable bonds is 8. The largest absolute Gasteiger partial charge is 0.381 e. The summed E-state index contributed by atoms with van der Waals surface area (Å²) >= 11 is 3.61. The molecule has 7 heteroatoms. The van der Waals surface area contributed by atoms with E-state index in [0.29, 0.717) is 6.10 Å². The minimum absolute atomic E-state index is 0. The van der Waals surface area contributed by atoms with Gasteiger partial charge in [0.05, 0.1) is 12.1 Å². The highest BCUT2D eigenvalue weighted by molar-refractivity contribution is 14.0. The molecule has 0 aliphatic carbocycles. The summed E-state index contributed by atoms with van der Waals surface area (Å²) in [6.45, 7) is 8.21. The zero-order valence-electron chi connectivity index (χ0n) is 15.7. The molecule has 0 spiro atoms. The van der Waals surface area contributed by atoms with Crippen LogP contribution >= 0.6 is 39.9 Å². The van der Waals surface area contributed by atoms with E-state index in [1.807, 2.05) is 6.07 Å². The first kappa shape index (κ1) is 23.7. The molecule has 2 N–H and O–H groups in total. The summed E-state index contributed by atoms with van der Waals surface area (Å²) in [6, 6.07) is 8.43. The van der Waals surface area contributed by atoms with E-state index in [9.17, 15) is 0 Å². The molecule has 26 heavy (non-hydrogen) atoms. The molecule has 1 aromatic carbocycles. The molecule has 1 aliphatic heterocycles. The van der Waals surface area contributed by atoms with Crippen LogP contribution in [0.5, 0.6) is 0 Å². The summed E-state index contributed by atoms with van der Waals surface area (Å²) in [5.74, 6) is 0.844. The normalized spacial score (nSPS) is 16.7. The Morgan fingerprint density at radius 2 is 2.08 bits per heavy atom. The highest BCUT2D eigenvalue weighted by Gasteiger charge is 2.13. The number of ether oxygens (including phenoxy) is 2. The zero-order valence-corrected chi connectivity index (χ0v) is 19.6. The molecule has 2 rings (SSSR count). The first-order valence-electron chi connectivity index (χ1n) is 9.19. The summed E-state index contributed by atoms with van der Waals surface area (Å²) in [7, 11) is 0. The molecule has 5 nitrogen and oxygen atoms in total. The first-order valence-corrected chi connectivity index (χ1v) is 9.98. The van der Waals surface area contributed by atoms with E-state index in [2.05, 4.69) is 63.6 Å². The van der Waals surface area contributed by atoms with Gasteiger partial charge < -0.3 is 20.1 Å². The highest BCUT2D eigenvalue weighted by atomic mass is 127. The summed E-state index contributed by atoms with van der Waals surface area (Å²) in [5, 5.41) is 6.78. The van der Waals surface area contributed by atoms with Gasteiger partial charge in [-0.1, -0.05) is 34.1 Å². The van der Waals surface area contributed by atoms with Gasteiger partial charge in [0.2, 0.25) is 0 Å². The van der Waals surface area contributed by atoms with Gasteiger partial charge in [0.15, 0.2) is 5.96 Å². The molecule has 0 bridgehead atoms. The molecule has 1 fully saturated rings. The van der Waals surface area contributed by atoms with E-state index in [-0.39, 0.29) is 30.0 Å². The Hall–Kier alpha value is -0.380. The standard InChI is InChI=1S/C19H30BrN3O2.HI/c1-3-21-19(23-15(2)17-7-4-5-8-18(17)20)22-11-6-12-25-16-9-13-24-14-10-16;/h4-5,7-8,15-16H,3,6,9-14H2,1-2H3,(H2,21,22,23);1H. The number of halogens is 2. The number of guanidine groups is 1. The molecule has 1 heterocycles. The molecule has 0 amide bonds. The van der Waals surface area contributed by atoms with Crippen molar-refractivity contribution < 1.29 is 9.47 Å². The average molecular weight is 540 g/mol. The maximum Gasteiger partial charge on any atom is 0.191 e. The average Bonchev–Trinajstić information content (AvgIpc) is 2.62.